The summed E-state index contributed by atoms with van der Waals surface area (Å²) in [5.74, 6) is 0.542. The van der Waals surface area contributed by atoms with E-state index in [2.05, 4.69) is 39.5 Å². The van der Waals surface area contributed by atoms with Crippen molar-refractivity contribution in [1.82, 2.24) is 20.2 Å². The Labute approximate surface area is 120 Å². The minimum absolute atomic E-state index is 0.163. The minimum Gasteiger partial charge on any atom is -0.369 e. The lowest BCUT2D eigenvalue weighted by molar-refractivity contribution is 0.0944. The van der Waals surface area contributed by atoms with Crippen LogP contribution in [0.2, 0.25) is 0 Å². The number of anilines is 1. The quantitative estimate of drug-likeness (QED) is 0.745. The maximum Gasteiger partial charge on any atom is 0.271 e. The minimum atomic E-state index is -0.163. The van der Waals surface area contributed by atoms with Crippen LogP contribution in [0.3, 0.4) is 0 Å². The van der Waals surface area contributed by atoms with Gasteiger partial charge in [-0.15, -0.1) is 0 Å². The normalized spacial score (nSPS) is 14.3. The van der Waals surface area contributed by atoms with Gasteiger partial charge in [-0.25, -0.2) is 9.97 Å². The van der Waals surface area contributed by atoms with E-state index in [0.29, 0.717) is 18.1 Å². The Kier molecular flexibility index (Phi) is 5.29. The van der Waals surface area contributed by atoms with Crippen molar-refractivity contribution in [2.45, 2.75) is 32.2 Å². The van der Waals surface area contributed by atoms with Crippen LogP contribution in [0.5, 0.6) is 0 Å². The molecule has 1 amide bonds. The molecule has 0 aliphatic heterocycles. The molecule has 1 saturated carbocycles. The van der Waals surface area contributed by atoms with Crippen molar-refractivity contribution in [2.75, 3.05) is 32.0 Å². The van der Waals surface area contributed by atoms with Crippen molar-refractivity contribution in [1.29, 1.82) is 0 Å². The van der Waals surface area contributed by atoms with Crippen molar-refractivity contribution in [3.05, 3.63) is 18.1 Å². The molecule has 20 heavy (non-hydrogen) atoms. The Balaban J connectivity index is 1.73. The summed E-state index contributed by atoms with van der Waals surface area (Å²) in [4.78, 5) is 22.5. The highest BCUT2D eigenvalue weighted by Crippen LogP contribution is 2.24. The summed E-state index contributed by atoms with van der Waals surface area (Å²) in [6, 6.07) is 0.718. The summed E-state index contributed by atoms with van der Waals surface area (Å²) in [7, 11) is 2.10. The predicted molar refractivity (Wildman–Crippen MR) is 78.8 cm³/mol. The van der Waals surface area contributed by atoms with Gasteiger partial charge in [-0.05, 0) is 26.3 Å². The van der Waals surface area contributed by atoms with Gasteiger partial charge >= 0.3 is 0 Å². The van der Waals surface area contributed by atoms with E-state index in [1.807, 2.05) is 0 Å². The van der Waals surface area contributed by atoms with Gasteiger partial charge in [0.2, 0.25) is 0 Å². The second kappa shape index (κ2) is 7.19. The van der Waals surface area contributed by atoms with Gasteiger partial charge in [-0.1, -0.05) is 6.92 Å². The largest absolute Gasteiger partial charge is 0.369 e. The molecule has 1 fully saturated rings. The van der Waals surface area contributed by atoms with Crippen molar-refractivity contribution in [3.63, 3.8) is 0 Å². The molecule has 0 radical (unpaired) electrons. The van der Waals surface area contributed by atoms with Crippen LogP contribution in [-0.2, 0) is 0 Å². The number of rotatable bonds is 8. The predicted octanol–water partition coefficient (Wildman–Crippen LogP) is 1.12. The molecule has 0 unspecified atom stereocenters. The van der Waals surface area contributed by atoms with Gasteiger partial charge in [0, 0.05) is 25.7 Å². The average Bonchev–Trinajstić information content (AvgIpc) is 3.30. The molecule has 0 atom stereocenters. The van der Waals surface area contributed by atoms with Crippen LogP contribution in [0.4, 0.5) is 5.82 Å². The lowest BCUT2D eigenvalue weighted by atomic mass is 10.4. The first-order valence-electron chi connectivity index (χ1n) is 7.25. The summed E-state index contributed by atoms with van der Waals surface area (Å²) in [5.41, 5.74) is 0.362. The average molecular weight is 277 g/mol. The Hall–Kier alpha value is -1.69. The standard InChI is InChI=1S/C14H23N5O/c1-3-6-15-13-10-17-12(9-18-13)14(20)16-7-8-19(2)11-4-5-11/h9-11H,3-8H2,1-2H3,(H,15,18)(H,16,20). The molecule has 6 nitrogen and oxygen atoms in total. The molecule has 0 saturated heterocycles. The highest BCUT2D eigenvalue weighted by molar-refractivity contribution is 5.91. The van der Waals surface area contributed by atoms with E-state index >= 15 is 0 Å². The molecule has 1 aromatic rings. The van der Waals surface area contributed by atoms with Gasteiger partial charge in [0.05, 0.1) is 12.4 Å². The third kappa shape index (κ3) is 4.45. The van der Waals surface area contributed by atoms with Crippen molar-refractivity contribution in [2.24, 2.45) is 0 Å². The number of aromatic nitrogens is 2. The lowest BCUT2D eigenvalue weighted by Crippen LogP contribution is -2.34. The molecule has 110 valence electrons. The zero-order valence-electron chi connectivity index (χ0n) is 12.2. The monoisotopic (exact) mass is 277 g/mol. The van der Waals surface area contributed by atoms with Gasteiger partial charge in [0.15, 0.2) is 0 Å². The Bertz CT molecular complexity index is 430. The van der Waals surface area contributed by atoms with E-state index in [0.717, 1.165) is 25.6 Å². The fraction of sp³-hybridized carbons (Fsp3) is 0.643. The molecular formula is C14H23N5O. The molecule has 1 heterocycles. The van der Waals surface area contributed by atoms with Crippen LogP contribution in [0.15, 0.2) is 12.4 Å². The zero-order chi connectivity index (χ0) is 14.4. The van der Waals surface area contributed by atoms with Gasteiger partial charge in [-0.3, -0.25) is 4.79 Å². The maximum atomic E-state index is 11.9. The summed E-state index contributed by atoms with van der Waals surface area (Å²) in [6.45, 7) is 4.46. The van der Waals surface area contributed by atoms with Gasteiger partial charge in [0.25, 0.3) is 5.91 Å². The van der Waals surface area contributed by atoms with E-state index in [4.69, 9.17) is 0 Å². The number of carbonyl (C=O) groups excluding carboxylic acids is 1. The number of likely N-dealkylation sites (N-methyl/N-ethyl adjacent to an activating group) is 1. The van der Waals surface area contributed by atoms with Gasteiger partial charge < -0.3 is 15.5 Å². The topological polar surface area (TPSA) is 70.2 Å². The molecule has 1 aromatic heterocycles. The number of carbonyl (C=O) groups is 1. The SMILES string of the molecule is CCCNc1cnc(C(=O)NCCN(C)C2CC2)cn1. The van der Waals surface area contributed by atoms with Crippen LogP contribution >= 0.6 is 0 Å². The second-order valence-corrected chi connectivity index (χ2v) is 5.18. The Morgan fingerprint density at radius 1 is 1.35 bits per heavy atom. The molecule has 0 bridgehead atoms. The third-order valence-electron chi connectivity index (χ3n) is 3.36. The van der Waals surface area contributed by atoms with Crippen LogP contribution in [-0.4, -0.2) is 53.5 Å². The van der Waals surface area contributed by atoms with Crippen LogP contribution < -0.4 is 10.6 Å². The highest BCUT2D eigenvalue weighted by Gasteiger charge is 2.25. The molecule has 2 N–H and O–H groups in total. The van der Waals surface area contributed by atoms with Crippen molar-refractivity contribution < 1.29 is 4.79 Å². The van der Waals surface area contributed by atoms with E-state index in [9.17, 15) is 4.79 Å². The fourth-order valence-electron chi connectivity index (χ4n) is 1.92. The summed E-state index contributed by atoms with van der Waals surface area (Å²) >= 11 is 0. The molecule has 1 aliphatic carbocycles. The summed E-state index contributed by atoms with van der Waals surface area (Å²) in [6.07, 6.45) is 6.70. The van der Waals surface area contributed by atoms with E-state index in [1.165, 1.54) is 19.0 Å². The first-order chi connectivity index (χ1) is 9.70. The van der Waals surface area contributed by atoms with Crippen molar-refractivity contribution in [3.8, 4) is 0 Å². The highest BCUT2D eigenvalue weighted by atomic mass is 16.1. The van der Waals surface area contributed by atoms with Gasteiger partial charge in [0.1, 0.15) is 11.5 Å². The van der Waals surface area contributed by atoms with Crippen LogP contribution in [0.1, 0.15) is 36.7 Å². The maximum absolute atomic E-state index is 11.9. The second-order valence-electron chi connectivity index (χ2n) is 5.18. The Morgan fingerprint density at radius 3 is 2.75 bits per heavy atom. The zero-order valence-corrected chi connectivity index (χ0v) is 12.2. The first kappa shape index (κ1) is 14.7. The fourth-order valence-corrected chi connectivity index (χ4v) is 1.92. The number of nitrogens with zero attached hydrogens (tertiary/aromatic N) is 3. The Morgan fingerprint density at radius 2 is 2.15 bits per heavy atom. The van der Waals surface area contributed by atoms with Crippen LogP contribution in [0.25, 0.3) is 0 Å². The van der Waals surface area contributed by atoms with Crippen molar-refractivity contribution >= 4 is 11.7 Å². The number of hydrogen-bond acceptors (Lipinski definition) is 5. The van der Waals surface area contributed by atoms with E-state index in [1.54, 1.807) is 6.20 Å². The number of nitrogens with one attached hydrogen (secondary N) is 2. The van der Waals surface area contributed by atoms with Gasteiger partial charge in [-0.2, -0.15) is 0 Å². The smallest absolute Gasteiger partial charge is 0.271 e. The molecule has 6 heteroatoms. The molecule has 0 spiro atoms. The third-order valence-corrected chi connectivity index (χ3v) is 3.36. The summed E-state index contributed by atoms with van der Waals surface area (Å²) in [5, 5.41) is 6.00. The number of hydrogen-bond donors (Lipinski definition) is 2. The number of amides is 1. The van der Waals surface area contributed by atoms with E-state index < -0.39 is 0 Å². The molecule has 2 rings (SSSR count). The van der Waals surface area contributed by atoms with Crippen LogP contribution in [0, 0.1) is 0 Å². The molecular weight excluding hydrogens is 254 g/mol. The first-order valence-corrected chi connectivity index (χ1v) is 7.25. The molecule has 0 aromatic carbocycles. The van der Waals surface area contributed by atoms with E-state index in [-0.39, 0.29) is 5.91 Å². The molecule has 1 aliphatic rings. The summed E-state index contributed by atoms with van der Waals surface area (Å²) < 4.78 is 0. The lowest BCUT2D eigenvalue weighted by Gasteiger charge is -2.15.